The van der Waals surface area contributed by atoms with E-state index < -0.39 is 6.04 Å². The Morgan fingerprint density at radius 1 is 1.50 bits per heavy atom. The lowest BCUT2D eigenvalue weighted by molar-refractivity contribution is -0.119. The number of carbonyl (C=O) groups excluding carboxylic acids is 1. The van der Waals surface area contributed by atoms with Crippen LogP contribution in [0.25, 0.3) is 0 Å². The average Bonchev–Trinajstić information content (AvgIpc) is 2.36. The molecule has 0 saturated carbocycles. The molecule has 2 N–H and O–H groups in total. The Morgan fingerprint density at radius 3 is 2.83 bits per heavy atom. The van der Waals surface area contributed by atoms with E-state index in [-0.39, 0.29) is 12.2 Å². The number of carbonyl (C=O) groups is 1. The van der Waals surface area contributed by atoms with Crippen LogP contribution in [0.4, 0.5) is 0 Å². The van der Waals surface area contributed by atoms with Crippen molar-refractivity contribution in [2.75, 3.05) is 7.11 Å². The van der Waals surface area contributed by atoms with E-state index in [9.17, 15) is 4.79 Å². The summed E-state index contributed by atoms with van der Waals surface area (Å²) in [5, 5.41) is 0.598. The van der Waals surface area contributed by atoms with Gasteiger partial charge in [0.15, 0.2) is 5.78 Å². The number of hydrogen-bond acceptors (Lipinski definition) is 3. The summed E-state index contributed by atoms with van der Waals surface area (Å²) in [6.45, 7) is 2.08. The quantitative estimate of drug-likeness (QED) is 0.828. The molecule has 0 aliphatic carbocycles. The third kappa shape index (κ3) is 4.31. The molecule has 0 amide bonds. The second-order valence-electron chi connectivity index (χ2n) is 4.35. The lowest BCUT2D eigenvalue weighted by atomic mass is 10.00. The van der Waals surface area contributed by atoms with E-state index in [0.29, 0.717) is 10.8 Å². The van der Waals surface area contributed by atoms with Gasteiger partial charge in [0.25, 0.3) is 0 Å². The van der Waals surface area contributed by atoms with E-state index in [4.69, 9.17) is 22.1 Å². The highest BCUT2D eigenvalue weighted by Crippen LogP contribution is 2.23. The summed E-state index contributed by atoms with van der Waals surface area (Å²) in [6, 6.07) is 4.87. The van der Waals surface area contributed by atoms with Crippen LogP contribution in [0, 0.1) is 0 Å². The van der Waals surface area contributed by atoms with Crippen molar-refractivity contribution in [2.24, 2.45) is 5.73 Å². The standard InChI is InChI=1S/C14H20ClNO2/c1-3-4-5-12(16)13(17)9-10-8-11(15)6-7-14(10)18-2/h6-8,12H,3-5,9,16H2,1-2H3. The zero-order valence-corrected chi connectivity index (χ0v) is 11.7. The molecule has 0 fully saturated rings. The maximum atomic E-state index is 12.0. The van der Waals surface area contributed by atoms with Gasteiger partial charge in [-0.05, 0) is 24.6 Å². The Bertz CT molecular complexity index is 407. The smallest absolute Gasteiger partial charge is 0.154 e. The van der Waals surface area contributed by atoms with Crippen molar-refractivity contribution < 1.29 is 9.53 Å². The number of ketones is 1. The molecule has 3 nitrogen and oxygen atoms in total. The molecule has 0 heterocycles. The zero-order chi connectivity index (χ0) is 13.5. The molecular formula is C14H20ClNO2. The molecule has 1 unspecified atom stereocenters. The summed E-state index contributed by atoms with van der Waals surface area (Å²) in [4.78, 5) is 12.0. The molecule has 18 heavy (non-hydrogen) atoms. The van der Waals surface area contributed by atoms with E-state index in [1.165, 1.54) is 0 Å². The molecule has 0 aliphatic rings. The minimum atomic E-state index is -0.395. The minimum Gasteiger partial charge on any atom is -0.496 e. The lowest BCUT2D eigenvalue weighted by Crippen LogP contribution is -2.31. The van der Waals surface area contributed by atoms with Crippen LogP contribution in [0.15, 0.2) is 18.2 Å². The predicted molar refractivity (Wildman–Crippen MR) is 74.2 cm³/mol. The van der Waals surface area contributed by atoms with Crippen LogP contribution < -0.4 is 10.5 Å². The summed E-state index contributed by atoms with van der Waals surface area (Å²) >= 11 is 5.92. The van der Waals surface area contributed by atoms with E-state index in [1.54, 1.807) is 25.3 Å². The number of benzene rings is 1. The molecule has 1 atom stereocenters. The molecule has 0 radical (unpaired) electrons. The van der Waals surface area contributed by atoms with Crippen LogP contribution in [0.5, 0.6) is 5.75 Å². The molecule has 1 rings (SSSR count). The molecule has 0 saturated heterocycles. The molecule has 0 bridgehead atoms. The first-order valence-electron chi connectivity index (χ1n) is 6.19. The van der Waals surface area contributed by atoms with Crippen molar-refractivity contribution in [1.82, 2.24) is 0 Å². The van der Waals surface area contributed by atoms with Crippen LogP contribution >= 0.6 is 11.6 Å². The molecule has 100 valence electrons. The molecule has 1 aromatic rings. The van der Waals surface area contributed by atoms with E-state index in [1.807, 2.05) is 0 Å². The van der Waals surface area contributed by atoms with Gasteiger partial charge in [0.1, 0.15) is 5.75 Å². The highest BCUT2D eigenvalue weighted by atomic mass is 35.5. The van der Waals surface area contributed by atoms with Gasteiger partial charge in [-0.25, -0.2) is 0 Å². The van der Waals surface area contributed by atoms with Crippen molar-refractivity contribution in [3.05, 3.63) is 28.8 Å². The number of unbranched alkanes of at least 4 members (excludes halogenated alkanes) is 1. The summed E-state index contributed by atoms with van der Waals surface area (Å²) in [5.41, 5.74) is 6.65. The number of Topliss-reactive ketones (excluding diaryl/α,β-unsaturated/α-hetero) is 1. The van der Waals surface area contributed by atoms with Crippen molar-refractivity contribution in [3.63, 3.8) is 0 Å². The second-order valence-corrected chi connectivity index (χ2v) is 4.78. The maximum Gasteiger partial charge on any atom is 0.154 e. The number of ether oxygens (including phenoxy) is 1. The highest BCUT2D eigenvalue weighted by molar-refractivity contribution is 6.30. The minimum absolute atomic E-state index is 0.0315. The third-order valence-corrected chi connectivity index (χ3v) is 3.12. The van der Waals surface area contributed by atoms with Gasteiger partial charge in [-0.1, -0.05) is 31.4 Å². The maximum absolute atomic E-state index is 12.0. The highest BCUT2D eigenvalue weighted by Gasteiger charge is 2.16. The van der Waals surface area contributed by atoms with Crippen molar-refractivity contribution >= 4 is 17.4 Å². The van der Waals surface area contributed by atoms with Gasteiger partial charge in [0.2, 0.25) is 0 Å². The molecule has 0 spiro atoms. The fourth-order valence-electron chi connectivity index (χ4n) is 1.79. The van der Waals surface area contributed by atoms with Crippen molar-refractivity contribution in [2.45, 2.75) is 38.6 Å². The Morgan fingerprint density at radius 2 is 2.22 bits per heavy atom. The fourth-order valence-corrected chi connectivity index (χ4v) is 1.98. The van der Waals surface area contributed by atoms with E-state index >= 15 is 0 Å². The van der Waals surface area contributed by atoms with Gasteiger partial charge in [0.05, 0.1) is 13.2 Å². The zero-order valence-electron chi connectivity index (χ0n) is 10.9. The Balaban J connectivity index is 2.71. The number of halogens is 1. The normalized spacial score (nSPS) is 12.2. The van der Waals surface area contributed by atoms with Gasteiger partial charge in [-0.3, -0.25) is 4.79 Å². The molecule has 4 heteroatoms. The van der Waals surface area contributed by atoms with Crippen LogP contribution in [-0.4, -0.2) is 18.9 Å². The van der Waals surface area contributed by atoms with E-state index in [0.717, 1.165) is 24.8 Å². The number of rotatable bonds is 7. The first kappa shape index (κ1) is 15.0. The first-order valence-corrected chi connectivity index (χ1v) is 6.57. The van der Waals surface area contributed by atoms with Gasteiger partial charge in [-0.2, -0.15) is 0 Å². The molecular weight excluding hydrogens is 250 g/mol. The largest absolute Gasteiger partial charge is 0.496 e. The van der Waals surface area contributed by atoms with Gasteiger partial charge in [-0.15, -0.1) is 0 Å². The fraction of sp³-hybridized carbons (Fsp3) is 0.500. The van der Waals surface area contributed by atoms with Crippen LogP contribution in [-0.2, 0) is 11.2 Å². The van der Waals surface area contributed by atoms with Crippen molar-refractivity contribution in [3.8, 4) is 5.75 Å². The lowest BCUT2D eigenvalue weighted by Gasteiger charge is -2.12. The SMILES string of the molecule is CCCCC(N)C(=O)Cc1cc(Cl)ccc1OC. The molecule has 0 aromatic heterocycles. The molecule has 1 aromatic carbocycles. The van der Waals surface area contributed by atoms with Crippen LogP contribution in [0.1, 0.15) is 31.7 Å². The summed E-state index contributed by atoms with van der Waals surface area (Å²) in [7, 11) is 1.58. The van der Waals surface area contributed by atoms with Crippen molar-refractivity contribution in [1.29, 1.82) is 0 Å². The summed E-state index contributed by atoms with van der Waals surface area (Å²) < 4.78 is 5.21. The van der Waals surface area contributed by atoms with Crippen LogP contribution in [0.3, 0.4) is 0 Å². The monoisotopic (exact) mass is 269 g/mol. The Labute approximate surface area is 113 Å². The van der Waals surface area contributed by atoms with Gasteiger partial charge >= 0.3 is 0 Å². The topological polar surface area (TPSA) is 52.3 Å². The predicted octanol–water partition coefficient (Wildman–Crippen LogP) is 2.98. The van der Waals surface area contributed by atoms with E-state index in [2.05, 4.69) is 6.92 Å². The Hall–Kier alpha value is -1.06. The van der Waals surface area contributed by atoms with Gasteiger partial charge < -0.3 is 10.5 Å². The average molecular weight is 270 g/mol. The molecule has 0 aliphatic heterocycles. The number of hydrogen-bond donors (Lipinski definition) is 1. The summed E-state index contributed by atoms with van der Waals surface area (Å²) in [5.74, 6) is 0.708. The van der Waals surface area contributed by atoms with Crippen LogP contribution in [0.2, 0.25) is 5.02 Å². The Kier molecular flexibility index (Phi) is 6.16. The van der Waals surface area contributed by atoms with Gasteiger partial charge in [0, 0.05) is 17.0 Å². The number of methoxy groups -OCH3 is 1. The summed E-state index contributed by atoms with van der Waals surface area (Å²) in [6.07, 6.45) is 3.02. The first-order chi connectivity index (χ1) is 8.58. The second kappa shape index (κ2) is 7.39. The third-order valence-electron chi connectivity index (χ3n) is 2.89. The number of nitrogens with two attached hydrogens (primary N) is 1.